The van der Waals surface area contributed by atoms with Crippen molar-refractivity contribution in [3.63, 3.8) is 0 Å². The summed E-state index contributed by atoms with van der Waals surface area (Å²) >= 11 is 6.02. The molecule has 24 heavy (non-hydrogen) atoms. The van der Waals surface area contributed by atoms with E-state index >= 15 is 0 Å². The van der Waals surface area contributed by atoms with Crippen LogP contribution in [0.1, 0.15) is 18.1 Å². The first-order valence-corrected chi connectivity index (χ1v) is 7.93. The normalized spacial score (nSPS) is 22.2. The molecule has 0 aromatic heterocycles. The summed E-state index contributed by atoms with van der Waals surface area (Å²) in [6, 6.07) is 11.5. The Hall–Kier alpha value is -2.53. The molecule has 0 aliphatic carbocycles. The molecule has 2 atom stereocenters. The maximum atomic E-state index is 13.3. The summed E-state index contributed by atoms with van der Waals surface area (Å²) in [4.78, 5) is 26.2. The largest absolute Gasteiger partial charge is 0.491 e. The molecule has 2 aromatic rings. The molecule has 0 radical (unpaired) electrons. The third-order valence-corrected chi connectivity index (χ3v) is 5.03. The number of rotatable bonds is 2. The molecule has 122 valence electrons. The first kappa shape index (κ1) is 15.0. The van der Waals surface area contributed by atoms with Crippen LogP contribution in [0.3, 0.4) is 0 Å². The molecule has 6 heteroatoms. The number of carboxylic acids is 1. The van der Waals surface area contributed by atoms with Crippen LogP contribution in [0.2, 0.25) is 5.02 Å². The predicted molar refractivity (Wildman–Crippen MR) is 88.8 cm³/mol. The average molecular weight is 344 g/mol. The van der Waals surface area contributed by atoms with Crippen LogP contribution in [-0.2, 0) is 15.0 Å². The molecule has 2 aromatic carbocycles. The Balaban J connectivity index is 1.96. The van der Waals surface area contributed by atoms with Gasteiger partial charge in [-0.15, -0.1) is 0 Å². The Labute approximate surface area is 143 Å². The number of nitrogens with zero attached hydrogens (tertiary/aromatic N) is 1. The molecule has 1 amide bonds. The summed E-state index contributed by atoms with van der Waals surface area (Å²) in [5, 5.41) is 9.93. The van der Waals surface area contributed by atoms with E-state index in [4.69, 9.17) is 16.3 Å². The number of halogens is 1. The van der Waals surface area contributed by atoms with Gasteiger partial charge in [0.25, 0.3) is 0 Å². The summed E-state index contributed by atoms with van der Waals surface area (Å²) in [5.41, 5.74) is 1.10. The smallest absolute Gasteiger partial charge is 0.326 e. The minimum Gasteiger partial charge on any atom is -0.491 e. The molecule has 0 fully saturated rings. The second-order valence-corrected chi connectivity index (χ2v) is 6.48. The molecule has 2 aliphatic rings. The Morgan fingerprint density at radius 2 is 2.04 bits per heavy atom. The van der Waals surface area contributed by atoms with Crippen LogP contribution in [0.15, 0.2) is 42.5 Å². The zero-order valence-corrected chi connectivity index (χ0v) is 13.6. The Bertz CT molecular complexity index is 881. The SMILES string of the molecule is CC(C(=O)O)N1C(=O)C2(COc3cc(Cl)ccc32)c2ccccc21. The van der Waals surface area contributed by atoms with E-state index in [1.165, 1.54) is 11.8 Å². The quantitative estimate of drug-likeness (QED) is 0.910. The van der Waals surface area contributed by atoms with Gasteiger partial charge >= 0.3 is 5.97 Å². The van der Waals surface area contributed by atoms with Crippen molar-refractivity contribution in [2.45, 2.75) is 18.4 Å². The van der Waals surface area contributed by atoms with Gasteiger partial charge in [0.15, 0.2) is 0 Å². The summed E-state index contributed by atoms with van der Waals surface area (Å²) < 4.78 is 5.75. The minimum absolute atomic E-state index is 0.140. The molecule has 5 nitrogen and oxygen atoms in total. The van der Waals surface area contributed by atoms with Crippen molar-refractivity contribution in [3.8, 4) is 5.75 Å². The average Bonchev–Trinajstić information content (AvgIpc) is 3.05. The van der Waals surface area contributed by atoms with Gasteiger partial charge in [-0.05, 0) is 30.7 Å². The third-order valence-electron chi connectivity index (χ3n) is 4.80. The van der Waals surface area contributed by atoms with Gasteiger partial charge in [0, 0.05) is 16.3 Å². The molecule has 0 bridgehead atoms. The van der Waals surface area contributed by atoms with Crippen LogP contribution < -0.4 is 9.64 Å². The number of carboxylic acid groups (broad SMARTS) is 1. The number of benzene rings is 2. The molecule has 2 aliphatic heterocycles. The first-order chi connectivity index (χ1) is 11.5. The van der Waals surface area contributed by atoms with E-state index in [9.17, 15) is 14.7 Å². The van der Waals surface area contributed by atoms with E-state index in [1.54, 1.807) is 30.3 Å². The molecular formula is C18H14ClNO4. The standard InChI is InChI=1S/C18H14ClNO4/c1-10(16(21)22)20-14-5-3-2-4-12(14)18(17(20)23)9-24-15-8-11(19)6-7-13(15)18/h2-8,10H,9H2,1H3,(H,21,22). The molecule has 0 saturated carbocycles. The topological polar surface area (TPSA) is 66.8 Å². The first-order valence-electron chi connectivity index (χ1n) is 7.55. The maximum Gasteiger partial charge on any atom is 0.326 e. The molecule has 1 N–H and O–H groups in total. The van der Waals surface area contributed by atoms with Crippen LogP contribution in [0.25, 0.3) is 0 Å². The van der Waals surface area contributed by atoms with Crippen molar-refractivity contribution in [1.29, 1.82) is 0 Å². The van der Waals surface area contributed by atoms with Gasteiger partial charge in [0.1, 0.15) is 23.8 Å². The van der Waals surface area contributed by atoms with Crippen molar-refractivity contribution in [2.24, 2.45) is 0 Å². The number of amides is 1. The predicted octanol–water partition coefficient (Wildman–Crippen LogP) is 2.84. The van der Waals surface area contributed by atoms with E-state index in [0.717, 1.165) is 11.1 Å². The number of para-hydroxylation sites is 1. The van der Waals surface area contributed by atoms with Gasteiger partial charge in [0.2, 0.25) is 5.91 Å². The summed E-state index contributed by atoms with van der Waals surface area (Å²) in [5.74, 6) is -0.763. The Kier molecular flexibility index (Phi) is 3.12. The van der Waals surface area contributed by atoms with Crippen LogP contribution in [0, 0.1) is 0 Å². The van der Waals surface area contributed by atoms with Crippen LogP contribution >= 0.6 is 11.6 Å². The fraction of sp³-hybridized carbons (Fsp3) is 0.222. The highest BCUT2D eigenvalue weighted by Crippen LogP contribution is 2.53. The van der Waals surface area contributed by atoms with E-state index in [-0.39, 0.29) is 12.5 Å². The second kappa shape index (κ2) is 4.98. The number of carbonyl (C=O) groups excluding carboxylic acids is 1. The van der Waals surface area contributed by atoms with Gasteiger partial charge in [-0.2, -0.15) is 0 Å². The number of hydrogen-bond donors (Lipinski definition) is 1. The van der Waals surface area contributed by atoms with Crippen molar-refractivity contribution in [1.82, 2.24) is 0 Å². The van der Waals surface area contributed by atoms with E-state index < -0.39 is 17.4 Å². The van der Waals surface area contributed by atoms with Crippen molar-refractivity contribution in [2.75, 3.05) is 11.5 Å². The van der Waals surface area contributed by atoms with Gasteiger partial charge in [0.05, 0.1) is 0 Å². The molecule has 4 rings (SSSR count). The van der Waals surface area contributed by atoms with E-state index in [2.05, 4.69) is 0 Å². The summed E-state index contributed by atoms with van der Waals surface area (Å²) in [6.07, 6.45) is 0. The lowest BCUT2D eigenvalue weighted by Gasteiger charge is -2.25. The molecule has 1 spiro atoms. The highest BCUT2D eigenvalue weighted by Gasteiger charge is 2.58. The number of hydrogen-bond acceptors (Lipinski definition) is 3. The monoisotopic (exact) mass is 343 g/mol. The van der Waals surface area contributed by atoms with Gasteiger partial charge < -0.3 is 9.84 Å². The lowest BCUT2D eigenvalue weighted by Crippen LogP contribution is -2.48. The summed E-state index contributed by atoms with van der Waals surface area (Å²) in [7, 11) is 0. The Morgan fingerprint density at radius 3 is 2.79 bits per heavy atom. The van der Waals surface area contributed by atoms with E-state index in [0.29, 0.717) is 16.5 Å². The molecular weight excluding hydrogens is 330 g/mol. The Morgan fingerprint density at radius 1 is 1.29 bits per heavy atom. The van der Waals surface area contributed by atoms with Crippen LogP contribution in [0.4, 0.5) is 5.69 Å². The fourth-order valence-electron chi connectivity index (χ4n) is 3.60. The molecule has 0 saturated heterocycles. The number of carbonyl (C=O) groups is 2. The molecule has 2 heterocycles. The highest BCUT2D eigenvalue weighted by atomic mass is 35.5. The van der Waals surface area contributed by atoms with Crippen LogP contribution in [-0.4, -0.2) is 29.6 Å². The van der Waals surface area contributed by atoms with Crippen LogP contribution in [0.5, 0.6) is 5.75 Å². The van der Waals surface area contributed by atoms with Gasteiger partial charge in [-0.25, -0.2) is 4.79 Å². The fourth-order valence-corrected chi connectivity index (χ4v) is 3.76. The minimum atomic E-state index is -1.05. The second-order valence-electron chi connectivity index (χ2n) is 6.04. The number of fused-ring (bicyclic) bond motifs is 4. The van der Waals surface area contributed by atoms with Gasteiger partial charge in [-0.1, -0.05) is 35.9 Å². The van der Waals surface area contributed by atoms with E-state index in [1.807, 2.05) is 12.1 Å². The summed E-state index contributed by atoms with van der Waals surface area (Å²) in [6.45, 7) is 1.65. The number of ether oxygens (including phenoxy) is 1. The van der Waals surface area contributed by atoms with Crippen molar-refractivity contribution < 1.29 is 19.4 Å². The lowest BCUT2D eigenvalue weighted by molar-refractivity contribution is -0.140. The number of aliphatic carboxylic acids is 1. The maximum absolute atomic E-state index is 13.3. The zero-order valence-electron chi connectivity index (χ0n) is 12.8. The van der Waals surface area contributed by atoms with Crippen molar-refractivity contribution in [3.05, 3.63) is 58.6 Å². The third kappa shape index (κ3) is 1.76. The molecule has 2 unspecified atom stereocenters. The number of anilines is 1. The lowest BCUT2D eigenvalue weighted by atomic mass is 9.77. The van der Waals surface area contributed by atoms with Crippen molar-refractivity contribution >= 4 is 29.2 Å². The van der Waals surface area contributed by atoms with Gasteiger partial charge in [-0.3, -0.25) is 9.69 Å². The highest BCUT2D eigenvalue weighted by molar-refractivity contribution is 6.30. The zero-order chi connectivity index (χ0) is 17.1.